The van der Waals surface area contributed by atoms with Crippen molar-refractivity contribution in [2.45, 2.75) is 354 Å². The van der Waals surface area contributed by atoms with Gasteiger partial charge in [0, 0.05) is 25.7 Å². The van der Waals surface area contributed by atoms with Crippen LogP contribution in [0.15, 0.2) is 97.2 Å². The minimum atomic E-state index is -4.99. The summed E-state index contributed by atoms with van der Waals surface area (Å²) in [5.41, 5.74) is 0. The summed E-state index contributed by atoms with van der Waals surface area (Å²) >= 11 is 0. The first kappa shape index (κ1) is 96.0. The fraction of sp³-hybridized carbons (Fsp3) is 0.753. The van der Waals surface area contributed by atoms with Crippen molar-refractivity contribution in [2.75, 3.05) is 39.6 Å². The lowest BCUT2D eigenvalue weighted by Crippen LogP contribution is -2.30. The zero-order valence-electron chi connectivity index (χ0n) is 63.1. The molecule has 17 nitrogen and oxygen atoms in total. The van der Waals surface area contributed by atoms with Gasteiger partial charge in [0.1, 0.15) is 19.3 Å². The molecule has 0 heterocycles. The van der Waals surface area contributed by atoms with E-state index in [1.165, 1.54) is 103 Å². The van der Waals surface area contributed by atoms with Crippen molar-refractivity contribution in [3.8, 4) is 0 Å². The number of aliphatic hydroxyl groups excluding tert-OH is 1. The van der Waals surface area contributed by atoms with Crippen molar-refractivity contribution < 1.29 is 80.2 Å². The minimum Gasteiger partial charge on any atom is -0.462 e. The average molecular weight is 1450 g/mol. The molecule has 3 N–H and O–H groups in total. The molecule has 0 fully saturated rings. The molecular formula is C81H142O17P2. The van der Waals surface area contributed by atoms with E-state index in [2.05, 4.69) is 113 Å². The Morgan fingerprint density at radius 3 is 0.830 bits per heavy atom. The Balaban J connectivity index is 5.41. The maximum absolute atomic E-state index is 13.1. The Bertz CT molecular complexity index is 2270. The number of carbonyl (C=O) groups excluding carboxylic acids is 4. The third-order valence-corrected chi connectivity index (χ3v) is 18.4. The van der Waals surface area contributed by atoms with Crippen molar-refractivity contribution in [3.63, 3.8) is 0 Å². The van der Waals surface area contributed by atoms with Gasteiger partial charge in [0.15, 0.2) is 12.2 Å². The largest absolute Gasteiger partial charge is 0.472 e. The predicted octanol–water partition coefficient (Wildman–Crippen LogP) is 22.8. The number of allylic oxidation sites excluding steroid dienone is 16. The van der Waals surface area contributed by atoms with E-state index in [0.717, 1.165) is 148 Å². The van der Waals surface area contributed by atoms with Crippen LogP contribution in [0.2, 0.25) is 0 Å². The Morgan fingerprint density at radius 1 is 0.280 bits per heavy atom. The fourth-order valence-electron chi connectivity index (χ4n) is 10.4. The van der Waals surface area contributed by atoms with Gasteiger partial charge in [-0.1, -0.05) is 260 Å². The number of rotatable bonds is 74. The summed E-state index contributed by atoms with van der Waals surface area (Å²) in [7, 11) is -9.97. The predicted molar refractivity (Wildman–Crippen MR) is 409 cm³/mol. The number of unbranched alkanes of at least 4 members (excludes halogenated alkanes) is 32. The molecule has 0 spiro atoms. The van der Waals surface area contributed by atoms with Gasteiger partial charge in [-0.3, -0.25) is 37.3 Å². The second-order valence-corrected chi connectivity index (χ2v) is 29.2. The van der Waals surface area contributed by atoms with Crippen LogP contribution in [0.1, 0.15) is 336 Å². The SMILES string of the molecule is CCCCC/C=C\C/C=C\C/C=C\C/C=C\CCCC(=O)O[C@H](COC(=O)CCCCCCC/C=C\C/C=C\CCCCC)COP(=O)(O)OC[C@H](O)COP(=O)(O)OC[C@@H](COC(=O)CCCCCCC/C=C\CCCCCCCC)OC(=O)CCCCCCC/C=C\CCCCCC. The number of ether oxygens (including phenoxy) is 4. The molecule has 5 atom stereocenters. The van der Waals surface area contributed by atoms with Gasteiger partial charge < -0.3 is 33.8 Å². The zero-order valence-corrected chi connectivity index (χ0v) is 64.9. The van der Waals surface area contributed by atoms with Crippen LogP contribution in [0.4, 0.5) is 0 Å². The van der Waals surface area contributed by atoms with Crippen LogP contribution in [0.3, 0.4) is 0 Å². The molecule has 2 unspecified atom stereocenters. The maximum atomic E-state index is 13.1. The fourth-order valence-corrected chi connectivity index (χ4v) is 12.0. The molecule has 0 bridgehead atoms. The first-order valence-corrected chi connectivity index (χ1v) is 42.5. The first-order valence-electron chi connectivity index (χ1n) is 39.5. The summed E-state index contributed by atoms with van der Waals surface area (Å²) in [6.45, 7) is 4.73. The van der Waals surface area contributed by atoms with Crippen molar-refractivity contribution >= 4 is 39.5 Å². The zero-order chi connectivity index (χ0) is 73.2. The van der Waals surface area contributed by atoms with Crippen LogP contribution < -0.4 is 0 Å². The molecule has 0 radical (unpaired) electrons. The summed E-state index contributed by atoms with van der Waals surface area (Å²) in [4.78, 5) is 72.9. The second kappa shape index (κ2) is 73.3. The second-order valence-electron chi connectivity index (χ2n) is 26.3. The lowest BCUT2D eigenvalue weighted by Gasteiger charge is -2.21. The van der Waals surface area contributed by atoms with Gasteiger partial charge in [0.05, 0.1) is 26.4 Å². The lowest BCUT2D eigenvalue weighted by atomic mass is 10.1. The number of phosphoric acid groups is 2. The number of aliphatic hydroxyl groups is 1. The van der Waals surface area contributed by atoms with E-state index in [4.69, 9.17) is 37.0 Å². The number of hydrogen-bond acceptors (Lipinski definition) is 15. The number of esters is 4. The molecule has 100 heavy (non-hydrogen) atoms. The minimum absolute atomic E-state index is 0.0158. The third kappa shape index (κ3) is 72.3. The standard InChI is InChI=1S/C81H142O17P2/c1-5-9-13-17-21-25-29-33-36-37-40-44-48-52-56-60-64-68-81(86)98-77(72-92-79(84)66-62-58-54-50-46-43-39-35-31-27-23-19-15-11-7-3)74-96-100(89,90)94-70-75(82)69-93-99(87,88)95-73-76(97-80(85)67-63-59-55-51-47-41-32-28-24-20-16-12-8-4)71-91-78(83)65-61-57-53-49-45-42-38-34-30-26-22-18-14-10-6-2/h21,23,25,27-28,32-36,38-40,44,52,56,75-77,82H,5-20,22,24,26,29-31,37,41-43,45-51,53-55,57-74H2,1-4H3,(H,87,88)(H,89,90)/b25-21-,27-23-,32-28-,36-33-,38-34-,39-35-,44-40-,56-52-/t75-,76-,77-/m1/s1. The first-order chi connectivity index (χ1) is 48.7. The molecule has 0 aromatic carbocycles. The molecule has 0 rings (SSSR count). The van der Waals surface area contributed by atoms with Crippen LogP contribution in [0.25, 0.3) is 0 Å². The summed E-state index contributed by atoms with van der Waals surface area (Å²) in [5, 5.41) is 10.6. The van der Waals surface area contributed by atoms with E-state index in [1.807, 2.05) is 12.2 Å². The van der Waals surface area contributed by atoms with Gasteiger partial charge in [-0.2, -0.15) is 0 Å². The molecule has 0 aliphatic rings. The van der Waals surface area contributed by atoms with E-state index < -0.39 is 97.5 Å². The van der Waals surface area contributed by atoms with E-state index >= 15 is 0 Å². The number of carbonyl (C=O) groups is 4. The summed E-state index contributed by atoms with van der Waals surface area (Å²) in [6.07, 6.45) is 76.8. The molecule has 0 saturated heterocycles. The van der Waals surface area contributed by atoms with Gasteiger partial charge in [0.2, 0.25) is 0 Å². The van der Waals surface area contributed by atoms with E-state index in [9.17, 15) is 43.2 Å². The van der Waals surface area contributed by atoms with Crippen LogP contribution in [0, 0.1) is 0 Å². The van der Waals surface area contributed by atoms with E-state index in [1.54, 1.807) is 0 Å². The number of hydrogen-bond donors (Lipinski definition) is 3. The van der Waals surface area contributed by atoms with Crippen molar-refractivity contribution in [1.29, 1.82) is 0 Å². The van der Waals surface area contributed by atoms with Gasteiger partial charge in [-0.05, 0) is 148 Å². The highest BCUT2D eigenvalue weighted by Gasteiger charge is 2.30. The van der Waals surface area contributed by atoms with Crippen LogP contribution in [-0.2, 0) is 65.4 Å². The van der Waals surface area contributed by atoms with Gasteiger partial charge in [0.25, 0.3) is 0 Å². The molecular weight excluding hydrogens is 1310 g/mol. The monoisotopic (exact) mass is 1450 g/mol. The van der Waals surface area contributed by atoms with E-state index in [-0.39, 0.29) is 25.7 Å². The molecule has 0 saturated carbocycles. The average Bonchev–Trinajstić information content (AvgIpc) is 0.962. The molecule has 0 aromatic rings. The van der Waals surface area contributed by atoms with Gasteiger partial charge in [-0.25, -0.2) is 9.13 Å². The van der Waals surface area contributed by atoms with E-state index in [0.29, 0.717) is 32.1 Å². The molecule has 0 aliphatic heterocycles. The highest BCUT2D eigenvalue weighted by Crippen LogP contribution is 2.45. The molecule has 19 heteroatoms. The molecule has 578 valence electrons. The molecule has 0 aromatic heterocycles. The Kier molecular flexibility index (Phi) is 70.4. The summed E-state index contributed by atoms with van der Waals surface area (Å²) < 4.78 is 68.5. The third-order valence-electron chi connectivity index (χ3n) is 16.5. The Morgan fingerprint density at radius 2 is 0.500 bits per heavy atom. The van der Waals surface area contributed by atoms with Crippen molar-refractivity contribution in [3.05, 3.63) is 97.2 Å². The molecule has 0 aliphatic carbocycles. The lowest BCUT2D eigenvalue weighted by molar-refractivity contribution is -0.161. The highest BCUT2D eigenvalue weighted by molar-refractivity contribution is 7.47. The highest BCUT2D eigenvalue weighted by atomic mass is 31.2. The normalized spacial score (nSPS) is 14.4. The van der Waals surface area contributed by atoms with Gasteiger partial charge in [-0.15, -0.1) is 0 Å². The Labute approximate surface area is 607 Å². The van der Waals surface area contributed by atoms with Crippen LogP contribution in [0.5, 0.6) is 0 Å². The van der Waals surface area contributed by atoms with Crippen LogP contribution >= 0.6 is 15.6 Å². The van der Waals surface area contributed by atoms with Crippen molar-refractivity contribution in [2.24, 2.45) is 0 Å². The van der Waals surface area contributed by atoms with Crippen molar-refractivity contribution in [1.82, 2.24) is 0 Å². The summed E-state index contributed by atoms with van der Waals surface area (Å²) in [5.74, 6) is -2.26. The quantitative estimate of drug-likeness (QED) is 0.0169. The smallest absolute Gasteiger partial charge is 0.462 e. The Hall–Kier alpha value is -4.02. The summed E-state index contributed by atoms with van der Waals surface area (Å²) in [6, 6.07) is 0. The molecule has 0 amide bonds. The van der Waals surface area contributed by atoms with Gasteiger partial charge >= 0.3 is 39.5 Å². The maximum Gasteiger partial charge on any atom is 0.472 e. The topological polar surface area (TPSA) is 237 Å². The van der Waals surface area contributed by atoms with Crippen LogP contribution in [-0.4, -0.2) is 96.7 Å². The number of phosphoric ester groups is 2.